The highest BCUT2D eigenvalue weighted by Gasteiger charge is 2.32. The van der Waals surface area contributed by atoms with Crippen molar-refractivity contribution >= 4 is 12.2 Å². The Morgan fingerprint density at radius 2 is 1.77 bits per heavy atom. The Morgan fingerprint density at radius 3 is 2.46 bits per heavy atom. The maximum atomic E-state index is 5.24. The molecule has 0 bridgehead atoms. The van der Waals surface area contributed by atoms with E-state index < -0.39 is 0 Å². The zero-order valence-electron chi connectivity index (χ0n) is 15.4. The first-order valence-corrected chi connectivity index (χ1v) is 8.88. The van der Waals surface area contributed by atoms with Crippen LogP contribution in [0.15, 0.2) is 48.8 Å². The summed E-state index contributed by atoms with van der Waals surface area (Å²) in [4.78, 5) is 4.13. The second-order valence-corrected chi connectivity index (χ2v) is 7.55. The molecule has 0 radical (unpaired) electrons. The summed E-state index contributed by atoms with van der Waals surface area (Å²) in [5, 5.41) is 4.91. The number of methoxy groups -OCH3 is 1. The minimum absolute atomic E-state index is 0.252. The molecule has 0 spiro atoms. The summed E-state index contributed by atoms with van der Waals surface area (Å²) >= 11 is 0. The lowest BCUT2D eigenvalue weighted by Crippen LogP contribution is -2.13. The normalized spacial score (nSPS) is 15.3. The first-order chi connectivity index (χ1) is 12.6. The van der Waals surface area contributed by atoms with Gasteiger partial charge in [-0.15, -0.1) is 0 Å². The van der Waals surface area contributed by atoms with Gasteiger partial charge in [0, 0.05) is 35.8 Å². The molecule has 0 atom stereocenters. The van der Waals surface area contributed by atoms with Gasteiger partial charge in [0.25, 0.3) is 0 Å². The fourth-order valence-electron chi connectivity index (χ4n) is 3.54. The van der Waals surface area contributed by atoms with Gasteiger partial charge in [0.15, 0.2) is 0 Å². The van der Waals surface area contributed by atoms with Crippen LogP contribution in [0.4, 0.5) is 0 Å². The van der Waals surface area contributed by atoms with Crippen LogP contribution in [0.2, 0.25) is 0 Å². The maximum absolute atomic E-state index is 5.24. The van der Waals surface area contributed by atoms with E-state index in [2.05, 4.69) is 47.8 Å². The summed E-state index contributed by atoms with van der Waals surface area (Å²) in [5.74, 6) is 0.868. The Morgan fingerprint density at radius 1 is 1.04 bits per heavy atom. The van der Waals surface area contributed by atoms with Gasteiger partial charge in [-0.2, -0.15) is 5.10 Å². The quantitative estimate of drug-likeness (QED) is 0.688. The summed E-state index contributed by atoms with van der Waals surface area (Å²) < 4.78 is 7.41. The molecule has 4 heteroatoms. The van der Waals surface area contributed by atoms with E-state index in [9.17, 15) is 0 Å². The van der Waals surface area contributed by atoms with Gasteiger partial charge in [0.2, 0.25) is 0 Å². The molecular weight excluding hydrogens is 322 g/mol. The topological polar surface area (TPSA) is 39.9 Å². The Bertz CT molecular complexity index is 938. The van der Waals surface area contributed by atoms with E-state index in [0.717, 1.165) is 35.5 Å². The first kappa shape index (κ1) is 16.6. The second kappa shape index (κ2) is 6.45. The third kappa shape index (κ3) is 3.15. The van der Waals surface area contributed by atoms with Crippen molar-refractivity contribution in [1.82, 2.24) is 14.8 Å². The molecule has 3 heterocycles. The van der Waals surface area contributed by atoms with Gasteiger partial charge >= 0.3 is 0 Å². The zero-order chi connectivity index (χ0) is 18.1. The third-order valence-corrected chi connectivity index (χ3v) is 4.83. The zero-order valence-corrected chi connectivity index (χ0v) is 15.4. The fourth-order valence-corrected chi connectivity index (χ4v) is 3.54. The molecule has 3 aromatic rings. The van der Waals surface area contributed by atoms with E-state index in [1.54, 1.807) is 7.11 Å². The summed E-state index contributed by atoms with van der Waals surface area (Å²) in [6, 6.07) is 12.1. The Kier molecular flexibility index (Phi) is 4.11. The molecule has 0 saturated carbocycles. The average Bonchev–Trinajstić information content (AvgIpc) is 3.13. The highest BCUT2D eigenvalue weighted by atomic mass is 16.5. The molecule has 26 heavy (non-hydrogen) atoms. The van der Waals surface area contributed by atoms with Gasteiger partial charge in [-0.1, -0.05) is 38.1 Å². The van der Waals surface area contributed by atoms with E-state index in [4.69, 9.17) is 9.84 Å². The second-order valence-electron chi connectivity index (χ2n) is 7.55. The maximum Gasteiger partial charge on any atom is 0.118 e. The molecule has 0 N–H and O–H groups in total. The molecule has 0 amide bonds. The minimum atomic E-state index is 0.252. The third-order valence-electron chi connectivity index (χ3n) is 4.83. The highest BCUT2D eigenvalue weighted by Crippen LogP contribution is 2.38. The van der Waals surface area contributed by atoms with E-state index in [-0.39, 0.29) is 5.41 Å². The molecule has 0 saturated heterocycles. The SMILES string of the molecule is COc1ccc(/C=C/c2c(-c3ccncc3)nn3c2CC(C)(C)C3)cc1. The number of benzene rings is 1. The van der Waals surface area contributed by atoms with Crippen molar-refractivity contribution in [1.29, 1.82) is 0 Å². The van der Waals surface area contributed by atoms with Gasteiger partial charge in [0.1, 0.15) is 5.75 Å². The van der Waals surface area contributed by atoms with E-state index in [1.807, 2.05) is 36.7 Å². The van der Waals surface area contributed by atoms with Crippen LogP contribution in [0.3, 0.4) is 0 Å². The molecule has 1 aliphatic rings. The van der Waals surface area contributed by atoms with E-state index >= 15 is 0 Å². The molecule has 4 rings (SSSR count). The van der Waals surface area contributed by atoms with Gasteiger partial charge in [-0.05, 0) is 41.7 Å². The van der Waals surface area contributed by atoms with Crippen molar-refractivity contribution in [3.63, 3.8) is 0 Å². The molecule has 1 aromatic carbocycles. The van der Waals surface area contributed by atoms with Crippen molar-refractivity contribution in [2.24, 2.45) is 5.41 Å². The summed E-state index contributed by atoms with van der Waals surface area (Å²) in [5.41, 5.74) is 6.05. The minimum Gasteiger partial charge on any atom is -0.497 e. The van der Waals surface area contributed by atoms with Crippen molar-refractivity contribution in [2.75, 3.05) is 7.11 Å². The lowest BCUT2D eigenvalue weighted by atomic mass is 9.89. The largest absolute Gasteiger partial charge is 0.497 e. The Balaban J connectivity index is 1.75. The number of fused-ring (bicyclic) bond motifs is 1. The number of nitrogens with zero attached hydrogens (tertiary/aromatic N) is 3. The number of hydrogen-bond donors (Lipinski definition) is 0. The lowest BCUT2D eigenvalue weighted by molar-refractivity contribution is 0.347. The van der Waals surface area contributed by atoms with Crippen molar-refractivity contribution in [3.05, 3.63) is 65.6 Å². The molecule has 2 aromatic heterocycles. The summed E-state index contributed by atoms with van der Waals surface area (Å²) in [6.07, 6.45) is 9.01. The predicted octanol–water partition coefficient (Wildman–Crippen LogP) is 4.71. The van der Waals surface area contributed by atoms with Crippen molar-refractivity contribution in [3.8, 4) is 17.0 Å². The van der Waals surface area contributed by atoms with Crippen LogP contribution >= 0.6 is 0 Å². The fraction of sp³-hybridized carbons (Fsp3) is 0.273. The van der Waals surface area contributed by atoms with E-state index in [1.165, 1.54) is 11.3 Å². The molecular formula is C22H23N3O. The monoisotopic (exact) mass is 345 g/mol. The van der Waals surface area contributed by atoms with Gasteiger partial charge in [-0.3, -0.25) is 9.67 Å². The standard InChI is InChI=1S/C22H23N3O/c1-22(2)14-20-19(9-6-16-4-7-18(26-3)8-5-16)21(24-25(20)15-22)17-10-12-23-13-11-17/h4-13H,14-15H2,1-3H3/b9-6+. The van der Waals surface area contributed by atoms with Crippen LogP contribution in [-0.4, -0.2) is 21.9 Å². The Hall–Kier alpha value is -2.88. The van der Waals surface area contributed by atoms with Crippen LogP contribution in [0, 0.1) is 5.41 Å². The number of rotatable bonds is 4. The summed E-state index contributed by atoms with van der Waals surface area (Å²) in [7, 11) is 1.68. The number of hydrogen-bond acceptors (Lipinski definition) is 3. The number of pyridine rings is 1. The van der Waals surface area contributed by atoms with Crippen LogP contribution in [0.1, 0.15) is 30.7 Å². The highest BCUT2D eigenvalue weighted by molar-refractivity contribution is 5.80. The number of ether oxygens (including phenoxy) is 1. The molecule has 0 aliphatic carbocycles. The van der Waals surface area contributed by atoms with Crippen LogP contribution < -0.4 is 4.74 Å². The molecule has 4 nitrogen and oxygen atoms in total. The van der Waals surface area contributed by atoms with Gasteiger partial charge < -0.3 is 4.74 Å². The molecule has 132 valence electrons. The smallest absolute Gasteiger partial charge is 0.118 e. The Labute approximate surface area is 154 Å². The molecule has 0 fully saturated rings. The van der Waals surface area contributed by atoms with Crippen molar-refractivity contribution in [2.45, 2.75) is 26.8 Å². The van der Waals surface area contributed by atoms with Crippen LogP contribution in [0.25, 0.3) is 23.4 Å². The van der Waals surface area contributed by atoms with Crippen molar-refractivity contribution < 1.29 is 4.74 Å². The predicted molar refractivity (Wildman–Crippen MR) is 105 cm³/mol. The first-order valence-electron chi connectivity index (χ1n) is 8.88. The lowest BCUT2D eigenvalue weighted by Gasteiger charge is -2.15. The van der Waals surface area contributed by atoms with Gasteiger partial charge in [-0.25, -0.2) is 0 Å². The van der Waals surface area contributed by atoms with E-state index in [0.29, 0.717) is 0 Å². The average molecular weight is 345 g/mol. The summed E-state index contributed by atoms with van der Waals surface area (Å²) in [6.45, 7) is 5.55. The molecule has 0 unspecified atom stereocenters. The van der Waals surface area contributed by atoms with Gasteiger partial charge in [0.05, 0.1) is 12.8 Å². The van der Waals surface area contributed by atoms with Crippen LogP contribution in [-0.2, 0) is 13.0 Å². The number of aromatic nitrogens is 3. The molecule has 1 aliphatic heterocycles. The van der Waals surface area contributed by atoms with Crippen LogP contribution in [0.5, 0.6) is 5.75 Å².